The Hall–Kier alpha value is -4.19. The summed E-state index contributed by atoms with van der Waals surface area (Å²) in [5, 5.41) is 10.9. The van der Waals surface area contributed by atoms with Crippen molar-refractivity contribution in [1.82, 2.24) is 30.1 Å². The highest BCUT2D eigenvalue weighted by atomic mass is 35.5. The topological polar surface area (TPSA) is 122 Å². The molecule has 11 nitrogen and oxygen atoms in total. The number of nitrogens with zero attached hydrogens (tertiary/aromatic N) is 5. The van der Waals surface area contributed by atoms with Crippen molar-refractivity contribution in [3.05, 3.63) is 65.9 Å². The summed E-state index contributed by atoms with van der Waals surface area (Å²) >= 11 is 6.55. The van der Waals surface area contributed by atoms with Gasteiger partial charge in [0, 0.05) is 91.8 Å². The van der Waals surface area contributed by atoms with Crippen molar-refractivity contribution in [2.75, 3.05) is 61.3 Å². The Morgan fingerprint density at radius 2 is 1.73 bits per heavy atom. The monoisotopic (exact) mass is 681 g/mol. The third-order valence-corrected chi connectivity index (χ3v) is 11.1. The number of anilines is 3. The highest BCUT2D eigenvalue weighted by Crippen LogP contribution is 2.33. The van der Waals surface area contributed by atoms with Crippen molar-refractivity contribution in [3.63, 3.8) is 0 Å². The van der Waals surface area contributed by atoms with Gasteiger partial charge in [-0.1, -0.05) is 29.8 Å². The number of benzene rings is 2. The Bertz CT molecular complexity index is 1800. The van der Waals surface area contributed by atoms with Crippen LogP contribution in [-0.2, 0) is 9.59 Å². The minimum absolute atomic E-state index is 0.191. The maximum atomic E-state index is 12.1. The van der Waals surface area contributed by atoms with E-state index in [2.05, 4.69) is 64.9 Å². The summed E-state index contributed by atoms with van der Waals surface area (Å²) < 4.78 is 0. The average Bonchev–Trinajstić information content (AvgIpc) is 3.74. The quantitative estimate of drug-likeness (QED) is 0.172. The zero-order chi connectivity index (χ0) is 33.3. The summed E-state index contributed by atoms with van der Waals surface area (Å²) in [4.78, 5) is 43.9. The van der Waals surface area contributed by atoms with E-state index in [-0.39, 0.29) is 17.9 Å². The number of aromatic amines is 1. The number of amides is 2. The number of hydrogen-bond donors (Lipinski definition) is 4. The molecule has 2 aromatic heterocycles. The maximum absolute atomic E-state index is 12.1. The number of H-pyrrole nitrogens is 1. The lowest BCUT2D eigenvalue weighted by Gasteiger charge is -2.48. The third-order valence-electron chi connectivity index (χ3n) is 10.8. The van der Waals surface area contributed by atoms with Crippen LogP contribution in [0.3, 0.4) is 0 Å². The van der Waals surface area contributed by atoms with E-state index in [1.807, 2.05) is 30.5 Å². The van der Waals surface area contributed by atoms with Crippen molar-refractivity contribution < 1.29 is 9.59 Å². The van der Waals surface area contributed by atoms with Crippen molar-refractivity contribution in [2.24, 2.45) is 5.92 Å². The van der Waals surface area contributed by atoms with Gasteiger partial charge in [0.2, 0.25) is 17.8 Å². The van der Waals surface area contributed by atoms with Crippen LogP contribution in [0.5, 0.6) is 0 Å². The van der Waals surface area contributed by atoms with E-state index in [4.69, 9.17) is 16.6 Å². The number of imide groups is 1. The minimum Gasteiger partial charge on any atom is -0.374 e. The predicted octanol–water partition coefficient (Wildman–Crippen LogP) is 4.97. The van der Waals surface area contributed by atoms with Crippen LogP contribution >= 0.6 is 11.6 Å². The van der Waals surface area contributed by atoms with Crippen LogP contribution in [-0.4, -0.2) is 101 Å². The van der Waals surface area contributed by atoms with Gasteiger partial charge in [-0.05, 0) is 74.9 Å². The first kappa shape index (κ1) is 32.0. The van der Waals surface area contributed by atoms with E-state index in [1.165, 1.54) is 38.0 Å². The number of fused-ring (bicyclic) bond motifs is 1. The number of para-hydroxylation sites is 1. The molecular weight excluding hydrogens is 638 g/mol. The number of carbonyl (C=O) groups excluding carboxylic acids is 2. The summed E-state index contributed by atoms with van der Waals surface area (Å²) in [5.41, 5.74) is 4.95. The summed E-state index contributed by atoms with van der Waals surface area (Å²) in [7, 11) is 0. The number of piperidine rings is 2. The number of hydrogen-bond acceptors (Lipinski definition) is 9. The normalized spacial score (nSPS) is 22.8. The number of carbonyl (C=O) groups is 2. The van der Waals surface area contributed by atoms with E-state index in [0.717, 1.165) is 72.9 Å². The molecule has 0 aliphatic carbocycles. The fourth-order valence-corrected chi connectivity index (χ4v) is 8.17. The van der Waals surface area contributed by atoms with Crippen LogP contribution in [0.2, 0.25) is 5.02 Å². The van der Waals surface area contributed by atoms with Gasteiger partial charge in [-0.25, -0.2) is 9.97 Å². The molecule has 0 radical (unpaired) electrons. The number of likely N-dealkylation sites (tertiary alicyclic amines) is 2. The Balaban J connectivity index is 0.746. The van der Waals surface area contributed by atoms with Crippen LogP contribution in [0.4, 0.5) is 17.3 Å². The fourth-order valence-electron chi connectivity index (χ4n) is 7.97. The molecule has 2 amide bonds. The number of aromatic nitrogens is 3. The lowest BCUT2D eigenvalue weighted by atomic mass is 9.91. The summed E-state index contributed by atoms with van der Waals surface area (Å²) in [6, 6.07) is 17.2. The van der Waals surface area contributed by atoms with Gasteiger partial charge < -0.3 is 25.4 Å². The van der Waals surface area contributed by atoms with E-state index >= 15 is 0 Å². The first-order valence-corrected chi connectivity index (χ1v) is 18.1. The zero-order valence-corrected chi connectivity index (χ0v) is 28.5. The van der Waals surface area contributed by atoms with Gasteiger partial charge in [0.15, 0.2) is 0 Å². The lowest BCUT2D eigenvalue weighted by Crippen LogP contribution is -2.55. The van der Waals surface area contributed by atoms with E-state index < -0.39 is 0 Å². The van der Waals surface area contributed by atoms with Gasteiger partial charge in [-0.2, -0.15) is 0 Å². The van der Waals surface area contributed by atoms with Gasteiger partial charge in [-0.3, -0.25) is 19.8 Å². The number of nitrogens with one attached hydrogen (secondary N) is 4. The molecule has 4 N–H and O–H groups in total. The molecule has 4 aliphatic rings. The molecule has 2 atom stereocenters. The standard InChI is InChI=1S/C37H44ClN9O2/c38-31-20-40-37(44-35(31)30-19-39-32-4-2-1-3-29(30)32)42-26-12-16-45(23-26)15-11-24-21-47(22-24)28-13-17-46(18-14-28)27-7-5-25(6-8-27)41-33-9-10-34(48)43-36(33)49/h1-8,19-20,24,26,28,33,39,41H,9-18,21-23H2,(H,40,42,44)(H,43,48,49). The Kier molecular flexibility index (Phi) is 9.14. The summed E-state index contributed by atoms with van der Waals surface area (Å²) in [6.45, 7) is 7.82. The molecule has 2 unspecified atom stereocenters. The molecule has 0 saturated carbocycles. The van der Waals surface area contributed by atoms with Crippen molar-refractivity contribution >= 4 is 51.6 Å². The molecule has 0 spiro atoms. The zero-order valence-electron chi connectivity index (χ0n) is 27.7. The second-order valence-corrected chi connectivity index (χ2v) is 14.5. The summed E-state index contributed by atoms with van der Waals surface area (Å²) in [5.74, 6) is 0.989. The highest BCUT2D eigenvalue weighted by molar-refractivity contribution is 6.33. The smallest absolute Gasteiger partial charge is 0.249 e. The minimum atomic E-state index is -0.356. The van der Waals surface area contributed by atoms with E-state index in [0.29, 0.717) is 35.9 Å². The average molecular weight is 682 g/mol. The van der Waals surface area contributed by atoms with Gasteiger partial charge in [0.25, 0.3) is 0 Å². The third kappa shape index (κ3) is 7.11. The molecule has 6 heterocycles. The lowest BCUT2D eigenvalue weighted by molar-refractivity contribution is -0.133. The van der Waals surface area contributed by atoms with Crippen LogP contribution in [0.1, 0.15) is 38.5 Å². The van der Waals surface area contributed by atoms with Crippen molar-refractivity contribution in [3.8, 4) is 11.3 Å². The Morgan fingerprint density at radius 3 is 2.55 bits per heavy atom. The van der Waals surface area contributed by atoms with Crippen LogP contribution in [0.15, 0.2) is 60.9 Å². The first-order chi connectivity index (χ1) is 23.9. The van der Waals surface area contributed by atoms with Gasteiger partial charge in [0.1, 0.15) is 6.04 Å². The molecule has 8 rings (SSSR count). The van der Waals surface area contributed by atoms with Crippen LogP contribution < -0.4 is 20.9 Å². The fraction of sp³-hybridized carbons (Fsp3) is 0.459. The second kappa shape index (κ2) is 14.0. The van der Waals surface area contributed by atoms with E-state index in [9.17, 15) is 9.59 Å². The Labute approximate surface area is 291 Å². The van der Waals surface area contributed by atoms with Gasteiger partial charge in [-0.15, -0.1) is 0 Å². The second-order valence-electron chi connectivity index (χ2n) is 14.1. The van der Waals surface area contributed by atoms with Crippen LogP contribution in [0.25, 0.3) is 22.2 Å². The largest absolute Gasteiger partial charge is 0.374 e. The van der Waals surface area contributed by atoms with Crippen molar-refractivity contribution in [2.45, 2.75) is 56.7 Å². The molecule has 0 bridgehead atoms. The Morgan fingerprint density at radius 1 is 0.918 bits per heavy atom. The molecule has 4 fully saturated rings. The maximum Gasteiger partial charge on any atom is 0.249 e. The van der Waals surface area contributed by atoms with Crippen molar-refractivity contribution in [1.29, 1.82) is 0 Å². The van der Waals surface area contributed by atoms with Gasteiger partial charge in [0.05, 0.1) is 16.9 Å². The van der Waals surface area contributed by atoms with Crippen LogP contribution in [0, 0.1) is 5.92 Å². The van der Waals surface area contributed by atoms with E-state index in [1.54, 1.807) is 6.20 Å². The molecule has 256 valence electrons. The number of halogens is 1. The summed E-state index contributed by atoms with van der Waals surface area (Å²) in [6.07, 6.45) is 9.31. The van der Waals surface area contributed by atoms with Gasteiger partial charge >= 0.3 is 0 Å². The molecule has 4 saturated heterocycles. The first-order valence-electron chi connectivity index (χ1n) is 17.7. The molecule has 4 aliphatic heterocycles. The molecule has 4 aromatic rings. The molecule has 12 heteroatoms. The highest BCUT2D eigenvalue weighted by Gasteiger charge is 2.35. The number of rotatable bonds is 10. The predicted molar refractivity (Wildman–Crippen MR) is 194 cm³/mol. The molecule has 2 aromatic carbocycles. The molecule has 49 heavy (non-hydrogen) atoms. The SMILES string of the molecule is O=C1CCC(Nc2ccc(N3CCC(N4CC(CCN5CCC(Nc6ncc(Cl)c(-c7c[nH]c8ccccc78)n6)C5)C4)CC3)cc2)C(=O)N1. The molecular formula is C37H44ClN9O2.